The number of aliphatic hydroxyl groups is 1. The Balaban J connectivity index is 1.12. The summed E-state index contributed by atoms with van der Waals surface area (Å²) in [7, 11) is 0. The van der Waals surface area contributed by atoms with Crippen LogP contribution in [0.25, 0.3) is 0 Å². The Bertz CT molecular complexity index is 1360. The lowest BCUT2D eigenvalue weighted by molar-refractivity contribution is -0.384. The van der Waals surface area contributed by atoms with Crippen molar-refractivity contribution >= 4 is 23.2 Å². The number of non-ortho nitro benzene ring substituents is 1. The SMILES string of the molecule is C[C@H](C(=O)N(CCCNc1ccc([N+](=O)[O-])cc1)CC(=O)NC1CCCCC1)[C@H]1CC[C@H]2[C@@H]3CC=C4C[C@@H](O)CC[C@]4(C)[C@H]3CC[C@]12C. The average Bonchev–Trinajstić information content (AvgIpc) is 3.43. The second-order valence-electron chi connectivity index (χ2n) is 16.4. The number of nitrogens with one attached hydrogen (secondary N) is 2. The van der Waals surface area contributed by atoms with Crippen molar-refractivity contribution in [1.82, 2.24) is 10.2 Å². The van der Waals surface area contributed by atoms with E-state index < -0.39 is 4.92 Å². The summed E-state index contributed by atoms with van der Waals surface area (Å²) in [5.74, 6) is 2.08. The standard InChI is InChI=1S/C39H58N4O5/c1-26(33-16-17-34-32-15-10-27-24-31(44)18-20-38(27,2)35(32)19-21-39(33,34)3)37(46)42(25-36(45)41-29-8-5-4-6-9-29)23-7-22-40-28-11-13-30(14-12-28)43(47)48/h10-14,26,29,31-35,40,44H,4-9,15-25H2,1-3H3,(H,41,45)/t26-,31-,32-,33+,34-,35-,38-,39+/m0/s1. The van der Waals surface area contributed by atoms with Crippen molar-refractivity contribution in [1.29, 1.82) is 0 Å². The Morgan fingerprint density at radius 3 is 2.50 bits per heavy atom. The Hall–Kier alpha value is -2.94. The number of nitro benzene ring substituents is 1. The van der Waals surface area contributed by atoms with Gasteiger partial charge in [0.25, 0.3) is 5.69 Å². The van der Waals surface area contributed by atoms with E-state index in [1.165, 1.54) is 37.0 Å². The van der Waals surface area contributed by atoms with E-state index in [2.05, 4.69) is 37.5 Å². The number of hydrogen-bond donors (Lipinski definition) is 3. The van der Waals surface area contributed by atoms with Gasteiger partial charge in [0.15, 0.2) is 0 Å². The molecule has 264 valence electrons. The second kappa shape index (κ2) is 14.5. The lowest BCUT2D eigenvalue weighted by Crippen LogP contribution is -2.52. The minimum absolute atomic E-state index is 0.0550. The van der Waals surface area contributed by atoms with E-state index in [0.29, 0.717) is 43.2 Å². The highest BCUT2D eigenvalue weighted by molar-refractivity contribution is 5.86. The molecule has 5 aliphatic rings. The van der Waals surface area contributed by atoms with Gasteiger partial charge in [0.2, 0.25) is 11.8 Å². The van der Waals surface area contributed by atoms with E-state index in [1.54, 1.807) is 12.1 Å². The van der Waals surface area contributed by atoms with Crippen LogP contribution in [0.2, 0.25) is 0 Å². The van der Waals surface area contributed by atoms with Crippen molar-refractivity contribution in [3.8, 4) is 0 Å². The summed E-state index contributed by atoms with van der Waals surface area (Å²) in [5, 5.41) is 28.0. The highest BCUT2D eigenvalue weighted by Crippen LogP contribution is 2.67. The zero-order valence-corrected chi connectivity index (χ0v) is 29.4. The van der Waals surface area contributed by atoms with Crippen LogP contribution in [0, 0.1) is 50.5 Å². The Kier molecular flexibility index (Phi) is 10.5. The molecule has 5 aliphatic carbocycles. The van der Waals surface area contributed by atoms with Gasteiger partial charge in [-0.25, -0.2) is 0 Å². The Morgan fingerprint density at radius 1 is 1.02 bits per heavy atom. The summed E-state index contributed by atoms with van der Waals surface area (Å²) < 4.78 is 0. The van der Waals surface area contributed by atoms with Crippen LogP contribution in [0.15, 0.2) is 35.9 Å². The number of nitro groups is 1. The first-order valence-electron chi connectivity index (χ1n) is 18.9. The third kappa shape index (κ3) is 7.03. The topological polar surface area (TPSA) is 125 Å². The molecule has 4 fully saturated rings. The second-order valence-corrected chi connectivity index (χ2v) is 16.4. The fourth-order valence-electron chi connectivity index (χ4n) is 11.1. The summed E-state index contributed by atoms with van der Waals surface area (Å²) >= 11 is 0. The van der Waals surface area contributed by atoms with E-state index in [0.717, 1.165) is 69.9 Å². The van der Waals surface area contributed by atoms with Gasteiger partial charge in [0.05, 0.1) is 17.6 Å². The molecule has 0 unspecified atom stereocenters. The first kappa shape index (κ1) is 34.9. The molecule has 0 saturated heterocycles. The molecule has 0 aromatic heterocycles. The molecule has 48 heavy (non-hydrogen) atoms. The number of hydrogen-bond acceptors (Lipinski definition) is 6. The van der Waals surface area contributed by atoms with Crippen molar-refractivity contribution in [3.63, 3.8) is 0 Å². The van der Waals surface area contributed by atoms with Crippen LogP contribution in [0.4, 0.5) is 11.4 Å². The molecule has 9 nitrogen and oxygen atoms in total. The van der Waals surface area contributed by atoms with Crippen LogP contribution < -0.4 is 10.6 Å². The van der Waals surface area contributed by atoms with Crippen molar-refractivity contribution in [2.75, 3.05) is 25.0 Å². The fraction of sp³-hybridized carbons (Fsp3) is 0.744. The van der Waals surface area contributed by atoms with Gasteiger partial charge in [-0.15, -0.1) is 0 Å². The fourth-order valence-corrected chi connectivity index (χ4v) is 11.1. The number of nitrogens with zero attached hydrogens (tertiary/aromatic N) is 2. The molecule has 0 aliphatic heterocycles. The molecule has 0 radical (unpaired) electrons. The molecule has 2 amide bonds. The minimum atomic E-state index is -0.406. The van der Waals surface area contributed by atoms with Crippen LogP contribution in [0.1, 0.15) is 111 Å². The quantitative estimate of drug-likeness (QED) is 0.0993. The van der Waals surface area contributed by atoms with Gasteiger partial charge in [-0.3, -0.25) is 19.7 Å². The van der Waals surface area contributed by atoms with Crippen molar-refractivity contribution < 1.29 is 19.6 Å². The molecule has 0 spiro atoms. The average molecular weight is 663 g/mol. The maximum Gasteiger partial charge on any atom is 0.269 e. The Labute approximate surface area is 286 Å². The highest BCUT2D eigenvalue weighted by Gasteiger charge is 2.60. The van der Waals surface area contributed by atoms with E-state index >= 15 is 0 Å². The van der Waals surface area contributed by atoms with Crippen LogP contribution in [0.5, 0.6) is 0 Å². The first-order chi connectivity index (χ1) is 23.0. The highest BCUT2D eigenvalue weighted by atomic mass is 16.6. The molecule has 6 rings (SSSR count). The molecule has 3 N–H and O–H groups in total. The number of aliphatic hydroxyl groups excluding tert-OH is 1. The van der Waals surface area contributed by atoms with Crippen molar-refractivity contribution in [2.24, 2.45) is 40.4 Å². The normalized spacial score (nSPS) is 33.8. The van der Waals surface area contributed by atoms with Crippen LogP contribution in [-0.2, 0) is 9.59 Å². The number of allylic oxidation sites excluding steroid dienone is 1. The number of benzene rings is 1. The lowest BCUT2D eigenvalue weighted by atomic mass is 9.47. The van der Waals surface area contributed by atoms with E-state index in [-0.39, 0.29) is 52.9 Å². The zero-order valence-electron chi connectivity index (χ0n) is 29.4. The molecule has 0 heterocycles. The summed E-state index contributed by atoms with van der Waals surface area (Å²) in [6, 6.07) is 6.58. The first-order valence-corrected chi connectivity index (χ1v) is 18.9. The van der Waals surface area contributed by atoms with Crippen LogP contribution in [0.3, 0.4) is 0 Å². The van der Waals surface area contributed by atoms with Crippen molar-refractivity contribution in [2.45, 2.75) is 123 Å². The van der Waals surface area contributed by atoms with E-state index in [1.807, 2.05) is 4.90 Å². The van der Waals surface area contributed by atoms with Crippen LogP contribution >= 0.6 is 0 Å². The summed E-state index contributed by atoms with van der Waals surface area (Å²) in [5.41, 5.74) is 2.66. The number of anilines is 1. The van der Waals surface area contributed by atoms with Gasteiger partial charge in [-0.1, -0.05) is 51.7 Å². The Morgan fingerprint density at radius 2 is 1.77 bits per heavy atom. The molecular weight excluding hydrogens is 604 g/mol. The van der Waals surface area contributed by atoms with Gasteiger partial charge < -0.3 is 20.6 Å². The number of rotatable bonds is 11. The summed E-state index contributed by atoms with van der Waals surface area (Å²) in [6.45, 7) is 8.23. The third-order valence-corrected chi connectivity index (χ3v) is 13.8. The largest absolute Gasteiger partial charge is 0.393 e. The van der Waals surface area contributed by atoms with Crippen molar-refractivity contribution in [3.05, 3.63) is 46.0 Å². The molecule has 8 atom stereocenters. The molecular formula is C39H58N4O5. The lowest BCUT2D eigenvalue weighted by Gasteiger charge is -2.58. The van der Waals surface area contributed by atoms with Gasteiger partial charge in [-0.05, 0) is 117 Å². The number of carbonyl (C=O) groups is 2. The van der Waals surface area contributed by atoms with Gasteiger partial charge >= 0.3 is 0 Å². The number of carbonyl (C=O) groups excluding carboxylic acids is 2. The molecule has 1 aromatic rings. The summed E-state index contributed by atoms with van der Waals surface area (Å²) in [4.78, 5) is 40.2. The summed E-state index contributed by atoms with van der Waals surface area (Å²) in [6.07, 6.45) is 17.0. The molecule has 9 heteroatoms. The molecule has 0 bridgehead atoms. The maximum atomic E-state index is 14.4. The van der Waals surface area contributed by atoms with Gasteiger partial charge in [0, 0.05) is 42.9 Å². The van der Waals surface area contributed by atoms with E-state index in [9.17, 15) is 24.8 Å². The zero-order chi connectivity index (χ0) is 34.1. The monoisotopic (exact) mass is 662 g/mol. The van der Waals surface area contributed by atoms with E-state index in [4.69, 9.17) is 0 Å². The van der Waals surface area contributed by atoms with Gasteiger partial charge in [0.1, 0.15) is 0 Å². The van der Waals surface area contributed by atoms with Gasteiger partial charge in [-0.2, -0.15) is 0 Å². The minimum Gasteiger partial charge on any atom is -0.393 e. The molecule has 1 aromatic carbocycles. The number of amides is 2. The number of fused-ring (bicyclic) bond motifs is 5. The predicted octanol–water partition coefficient (Wildman–Crippen LogP) is 7.25. The smallest absolute Gasteiger partial charge is 0.269 e. The predicted molar refractivity (Wildman–Crippen MR) is 188 cm³/mol. The maximum absolute atomic E-state index is 14.4. The molecule has 4 saturated carbocycles. The van der Waals surface area contributed by atoms with Crippen LogP contribution in [-0.4, -0.2) is 58.5 Å². The third-order valence-electron chi connectivity index (χ3n) is 13.8.